The largest absolute Gasteiger partial charge is 0.540 e. The summed E-state index contributed by atoms with van der Waals surface area (Å²) in [5, 5.41) is 12.3. The van der Waals surface area contributed by atoms with Crippen molar-refractivity contribution in [1.82, 2.24) is 14.5 Å². The molecule has 2 aliphatic heterocycles. The molecule has 0 bridgehead atoms. The molecule has 1 fully saturated rings. The van der Waals surface area contributed by atoms with Gasteiger partial charge in [-0.05, 0) is 40.7 Å². The van der Waals surface area contributed by atoms with Crippen molar-refractivity contribution in [2.75, 3.05) is 37.5 Å². The number of fused-ring (bicyclic) bond motifs is 1. The van der Waals surface area contributed by atoms with E-state index in [0.717, 1.165) is 6.26 Å². The second-order valence-electron chi connectivity index (χ2n) is 10.9. The number of carbonyl (C=O) groups is 2. The normalized spacial score (nSPS) is 21.3. The fourth-order valence-corrected chi connectivity index (χ4v) is 5.93. The first-order chi connectivity index (χ1) is 18.2. The summed E-state index contributed by atoms with van der Waals surface area (Å²) in [5.41, 5.74) is 0.534. The van der Waals surface area contributed by atoms with Gasteiger partial charge in [0.2, 0.25) is 0 Å². The van der Waals surface area contributed by atoms with E-state index in [9.17, 15) is 23.1 Å². The zero-order valence-corrected chi connectivity index (χ0v) is 23.9. The Morgan fingerprint density at radius 2 is 1.95 bits per heavy atom. The standard InChI is InChI=1S/C27H34N4O7S/c1-7-38-26(34)31(27(3,4)5)21-13-19(9-8-18(21)12-22(31)25(32)33)24-28-20(16-39(6,35)36)14-23(29-24)30-10-11-37-15-17(30)2/h8-9,12-14,17H,7,10-11,15-16H2,1-6H3/t17-,31?/m0/s1. The van der Waals surface area contributed by atoms with Crippen LogP contribution in [-0.4, -0.2) is 74.7 Å². The van der Waals surface area contributed by atoms with Crippen molar-refractivity contribution in [3.63, 3.8) is 0 Å². The minimum atomic E-state index is -3.40. The molecule has 4 rings (SSSR count). The topological polar surface area (TPSA) is 139 Å². The van der Waals surface area contributed by atoms with Gasteiger partial charge in [0.25, 0.3) is 0 Å². The molecule has 2 aromatic rings. The third-order valence-electron chi connectivity index (χ3n) is 6.90. The number of ether oxygens (including phenoxy) is 2. The molecule has 0 spiro atoms. The highest BCUT2D eigenvalue weighted by Crippen LogP contribution is 2.48. The highest BCUT2D eigenvalue weighted by atomic mass is 32.2. The third-order valence-corrected chi connectivity index (χ3v) is 7.72. The van der Waals surface area contributed by atoms with Crippen LogP contribution in [0.1, 0.15) is 45.9 Å². The van der Waals surface area contributed by atoms with Gasteiger partial charge < -0.3 is 24.3 Å². The second-order valence-corrected chi connectivity index (χ2v) is 13.0. The summed E-state index contributed by atoms with van der Waals surface area (Å²) in [7, 11) is -3.40. The summed E-state index contributed by atoms with van der Waals surface area (Å²) in [6.45, 7) is 10.6. The van der Waals surface area contributed by atoms with Crippen molar-refractivity contribution in [2.24, 2.45) is 0 Å². The van der Waals surface area contributed by atoms with Crippen LogP contribution in [0.5, 0.6) is 0 Å². The maximum Gasteiger partial charge on any atom is 0.526 e. The number of anilines is 1. The van der Waals surface area contributed by atoms with Crippen LogP contribution in [-0.2, 0) is 29.9 Å². The van der Waals surface area contributed by atoms with Gasteiger partial charge in [-0.3, -0.25) is 0 Å². The van der Waals surface area contributed by atoms with Crippen molar-refractivity contribution in [3.8, 4) is 11.4 Å². The lowest BCUT2D eigenvalue weighted by Gasteiger charge is -2.43. The van der Waals surface area contributed by atoms with Gasteiger partial charge in [-0.25, -0.2) is 18.4 Å². The van der Waals surface area contributed by atoms with Gasteiger partial charge in [-0.1, -0.05) is 6.07 Å². The number of nitrogens with zero attached hydrogens (tertiary/aromatic N) is 4. The number of hydrogen-bond donors (Lipinski definition) is 0. The summed E-state index contributed by atoms with van der Waals surface area (Å²) in [6.07, 6.45) is 1.83. The number of carboxylic acids is 1. The maximum absolute atomic E-state index is 13.5. The van der Waals surface area contributed by atoms with Gasteiger partial charge in [0, 0.05) is 42.1 Å². The molecule has 1 unspecified atom stereocenters. The lowest BCUT2D eigenvalue weighted by atomic mass is 9.98. The van der Waals surface area contributed by atoms with Crippen molar-refractivity contribution in [1.29, 1.82) is 0 Å². The van der Waals surface area contributed by atoms with E-state index in [1.165, 1.54) is 6.08 Å². The highest BCUT2D eigenvalue weighted by Gasteiger charge is 2.58. The molecule has 210 valence electrons. The van der Waals surface area contributed by atoms with Crippen LogP contribution in [0.15, 0.2) is 30.0 Å². The number of aliphatic carboxylic acids is 1. The molecule has 3 heterocycles. The van der Waals surface area contributed by atoms with Crippen molar-refractivity contribution < 1.29 is 32.6 Å². The van der Waals surface area contributed by atoms with Gasteiger partial charge in [0.1, 0.15) is 17.3 Å². The molecule has 0 N–H and O–H groups in total. The minimum Gasteiger partial charge on any atom is -0.540 e. The van der Waals surface area contributed by atoms with Gasteiger partial charge in [0.05, 0.1) is 37.3 Å². The molecule has 2 atom stereocenters. The molecule has 0 radical (unpaired) electrons. The first kappa shape index (κ1) is 28.7. The highest BCUT2D eigenvalue weighted by molar-refractivity contribution is 7.89. The second kappa shape index (κ2) is 10.3. The Balaban J connectivity index is 1.93. The Morgan fingerprint density at radius 3 is 2.54 bits per heavy atom. The lowest BCUT2D eigenvalue weighted by Crippen LogP contribution is -2.66. The number of carboxylic acid groups (broad SMARTS) is 1. The predicted molar refractivity (Wildman–Crippen MR) is 145 cm³/mol. The number of benzene rings is 1. The molecule has 1 saturated heterocycles. The van der Waals surface area contributed by atoms with E-state index < -0.39 is 31.9 Å². The lowest BCUT2D eigenvalue weighted by molar-refractivity contribution is -0.301. The number of amides is 1. The van der Waals surface area contributed by atoms with Crippen LogP contribution in [0.4, 0.5) is 16.3 Å². The molecule has 0 saturated carbocycles. The quantitative estimate of drug-likeness (QED) is 0.485. The third kappa shape index (κ3) is 5.28. The van der Waals surface area contributed by atoms with Gasteiger partial charge in [-0.2, -0.15) is 9.28 Å². The SMILES string of the molecule is CCOC(=O)[N+]1(C(C)(C)C)C(C(=O)[O-])=Cc2ccc(-c3nc(CS(C)(=O)=O)cc(N4CCOC[C@@H]4C)n3)cc21. The van der Waals surface area contributed by atoms with E-state index in [1.54, 1.807) is 52.0 Å². The molecule has 12 heteroatoms. The Bertz CT molecular complexity index is 1450. The number of aromatic nitrogens is 2. The molecular formula is C27H34N4O7S. The Morgan fingerprint density at radius 1 is 1.23 bits per heavy atom. The van der Waals surface area contributed by atoms with Crippen molar-refractivity contribution in [2.45, 2.75) is 52.0 Å². The number of morpholine rings is 1. The van der Waals surface area contributed by atoms with E-state index in [1.807, 2.05) is 11.8 Å². The van der Waals surface area contributed by atoms with Crippen molar-refractivity contribution in [3.05, 3.63) is 41.2 Å². The zero-order chi connectivity index (χ0) is 28.8. The van der Waals surface area contributed by atoms with Crippen LogP contribution in [0.2, 0.25) is 0 Å². The average molecular weight is 559 g/mol. The van der Waals surface area contributed by atoms with E-state index in [4.69, 9.17) is 14.5 Å². The Labute approximate surface area is 228 Å². The number of carbonyl (C=O) groups excluding carboxylic acids is 2. The molecular weight excluding hydrogens is 524 g/mol. The predicted octanol–water partition coefficient (Wildman–Crippen LogP) is 2.28. The van der Waals surface area contributed by atoms with Gasteiger partial charge >= 0.3 is 6.09 Å². The molecule has 1 aromatic carbocycles. The van der Waals surface area contributed by atoms with Crippen LogP contribution in [0.3, 0.4) is 0 Å². The maximum atomic E-state index is 13.5. The average Bonchev–Trinajstić information content (AvgIpc) is 3.19. The Kier molecular flexibility index (Phi) is 7.58. The first-order valence-corrected chi connectivity index (χ1v) is 14.8. The smallest absolute Gasteiger partial charge is 0.526 e. The number of sulfone groups is 1. The van der Waals surface area contributed by atoms with Gasteiger partial charge in [0.15, 0.2) is 27.0 Å². The fourth-order valence-electron chi connectivity index (χ4n) is 5.25. The summed E-state index contributed by atoms with van der Waals surface area (Å²) >= 11 is 0. The first-order valence-electron chi connectivity index (χ1n) is 12.7. The minimum absolute atomic E-state index is 0.0106. The summed E-state index contributed by atoms with van der Waals surface area (Å²) in [6, 6.07) is 6.78. The van der Waals surface area contributed by atoms with Crippen LogP contribution in [0.25, 0.3) is 17.5 Å². The van der Waals surface area contributed by atoms with E-state index >= 15 is 0 Å². The molecule has 1 aromatic heterocycles. The number of rotatable bonds is 6. The van der Waals surface area contributed by atoms with Crippen molar-refractivity contribution >= 4 is 39.5 Å². The molecule has 39 heavy (non-hydrogen) atoms. The monoisotopic (exact) mass is 558 g/mol. The van der Waals surface area contributed by atoms with E-state index in [0.29, 0.717) is 48.1 Å². The van der Waals surface area contributed by atoms with Crippen LogP contribution < -0.4 is 14.5 Å². The van der Waals surface area contributed by atoms with Crippen LogP contribution >= 0.6 is 0 Å². The summed E-state index contributed by atoms with van der Waals surface area (Å²) < 4.78 is 34.6. The summed E-state index contributed by atoms with van der Waals surface area (Å²) in [4.78, 5) is 37.2. The zero-order valence-electron chi connectivity index (χ0n) is 23.1. The van der Waals surface area contributed by atoms with Crippen LogP contribution in [0, 0.1) is 0 Å². The number of hydrogen-bond acceptors (Lipinski definition) is 10. The summed E-state index contributed by atoms with van der Waals surface area (Å²) in [5.74, 6) is -0.943. The molecule has 2 aliphatic rings. The van der Waals surface area contributed by atoms with E-state index in [-0.39, 0.29) is 29.9 Å². The van der Waals surface area contributed by atoms with Gasteiger partial charge in [-0.15, -0.1) is 0 Å². The fraction of sp³-hybridized carbons (Fsp3) is 0.481. The Hall–Kier alpha value is -3.35. The number of quaternary nitrogens is 1. The molecule has 11 nitrogen and oxygen atoms in total. The molecule has 1 amide bonds. The van der Waals surface area contributed by atoms with E-state index in [2.05, 4.69) is 4.98 Å². The molecule has 0 aliphatic carbocycles.